The highest BCUT2D eigenvalue weighted by Gasteiger charge is 2.27. The van der Waals surface area contributed by atoms with Gasteiger partial charge in [0.25, 0.3) is 0 Å². The van der Waals surface area contributed by atoms with Crippen molar-refractivity contribution in [3.8, 4) is 0 Å². The molecule has 1 aliphatic carbocycles. The molecule has 0 spiro atoms. The maximum atomic E-state index is 12.1. The Hall–Kier alpha value is -1.42. The average molecular weight is 262 g/mol. The Kier molecular flexibility index (Phi) is 4.53. The molecule has 0 aliphatic heterocycles. The van der Waals surface area contributed by atoms with Crippen LogP contribution in [0.2, 0.25) is 0 Å². The molecule has 1 fully saturated rings. The summed E-state index contributed by atoms with van der Waals surface area (Å²) in [6.45, 7) is 4.77. The number of rotatable bonds is 3. The van der Waals surface area contributed by atoms with Crippen LogP contribution >= 0.6 is 0 Å². The fourth-order valence-corrected chi connectivity index (χ4v) is 2.91. The first-order valence-corrected chi connectivity index (χ1v) is 6.94. The quantitative estimate of drug-likeness (QED) is 0.850. The number of nitrogens with two attached hydrogens (primary N) is 1. The Morgan fingerprint density at radius 1 is 1.37 bits per heavy atom. The van der Waals surface area contributed by atoms with Gasteiger partial charge in [-0.2, -0.15) is 0 Å². The molecule has 104 valence electrons. The molecule has 0 radical (unpaired) electrons. The van der Waals surface area contributed by atoms with Crippen molar-refractivity contribution in [3.63, 3.8) is 0 Å². The minimum absolute atomic E-state index is 0.0424. The fraction of sp³-hybridized carbons (Fsp3) is 0.600. The molecule has 19 heavy (non-hydrogen) atoms. The summed E-state index contributed by atoms with van der Waals surface area (Å²) >= 11 is 0. The van der Waals surface area contributed by atoms with Crippen LogP contribution in [-0.2, 0) is 11.3 Å². The van der Waals surface area contributed by atoms with Gasteiger partial charge in [-0.05, 0) is 43.2 Å². The molecule has 0 amide bonds. The molecule has 1 heterocycles. The summed E-state index contributed by atoms with van der Waals surface area (Å²) in [6.07, 6.45) is 4.79. The molecule has 2 atom stereocenters. The van der Waals surface area contributed by atoms with E-state index in [0.717, 1.165) is 12.8 Å². The lowest BCUT2D eigenvalue weighted by atomic mass is 9.82. The summed E-state index contributed by atoms with van der Waals surface area (Å²) in [7, 11) is 0. The van der Waals surface area contributed by atoms with Crippen molar-refractivity contribution in [2.75, 3.05) is 0 Å². The number of ether oxygens (including phenoxy) is 1. The zero-order valence-electron chi connectivity index (χ0n) is 11.6. The standard InChI is InChI=1S/C15H22N2O2/c1-10-5-11(2)7-14(6-10)19-15(18)12-3-4-17-13(8-12)9-16/h3-4,8,10-11,14H,5-7,9,16H2,1-2H3. The summed E-state index contributed by atoms with van der Waals surface area (Å²) in [5, 5.41) is 0. The predicted molar refractivity (Wildman–Crippen MR) is 73.5 cm³/mol. The lowest BCUT2D eigenvalue weighted by Crippen LogP contribution is -2.28. The van der Waals surface area contributed by atoms with Crippen molar-refractivity contribution < 1.29 is 9.53 Å². The zero-order valence-corrected chi connectivity index (χ0v) is 11.6. The molecular weight excluding hydrogens is 240 g/mol. The molecular formula is C15H22N2O2. The fourth-order valence-electron chi connectivity index (χ4n) is 2.91. The van der Waals surface area contributed by atoms with Crippen LogP contribution in [0.5, 0.6) is 0 Å². The molecule has 2 rings (SSSR count). The summed E-state index contributed by atoms with van der Waals surface area (Å²) in [5.41, 5.74) is 6.78. The largest absolute Gasteiger partial charge is 0.459 e. The van der Waals surface area contributed by atoms with Gasteiger partial charge < -0.3 is 10.5 Å². The minimum atomic E-state index is -0.261. The van der Waals surface area contributed by atoms with Gasteiger partial charge in [-0.3, -0.25) is 4.98 Å². The highest BCUT2D eigenvalue weighted by Crippen LogP contribution is 2.30. The molecule has 1 aliphatic rings. The molecule has 1 saturated carbocycles. The predicted octanol–water partition coefficient (Wildman–Crippen LogP) is 2.52. The van der Waals surface area contributed by atoms with Crippen molar-refractivity contribution >= 4 is 5.97 Å². The highest BCUT2D eigenvalue weighted by atomic mass is 16.5. The van der Waals surface area contributed by atoms with E-state index in [2.05, 4.69) is 18.8 Å². The topological polar surface area (TPSA) is 65.2 Å². The maximum Gasteiger partial charge on any atom is 0.338 e. The normalized spacial score (nSPS) is 27.0. The van der Waals surface area contributed by atoms with E-state index in [1.807, 2.05) is 0 Å². The molecule has 1 aromatic heterocycles. The first kappa shape index (κ1) is 14.0. The third-order valence-electron chi connectivity index (χ3n) is 3.67. The molecule has 4 nitrogen and oxygen atoms in total. The van der Waals surface area contributed by atoms with E-state index in [-0.39, 0.29) is 12.1 Å². The van der Waals surface area contributed by atoms with Gasteiger partial charge >= 0.3 is 5.97 Å². The van der Waals surface area contributed by atoms with Gasteiger partial charge in [0.1, 0.15) is 6.10 Å². The number of carbonyl (C=O) groups is 1. The number of esters is 1. The number of nitrogens with zero attached hydrogens (tertiary/aromatic N) is 1. The van der Waals surface area contributed by atoms with Gasteiger partial charge in [-0.1, -0.05) is 13.8 Å². The van der Waals surface area contributed by atoms with Crippen molar-refractivity contribution in [1.82, 2.24) is 4.98 Å². The first-order valence-electron chi connectivity index (χ1n) is 6.94. The molecule has 0 saturated heterocycles. The van der Waals surface area contributed by atoms with Crippen molar-refractivity contribution in [1.29, 1.82) is 0 Å². The lowest BCUT2D eigenvalue weighted by Gasteiger charge is -2.31. The zero-order chi connectivity index (χ0) is 13.8. The Bertz CT molecular complexity index is 438. The first-order chi connectivity index (χ1) is 9.08. The molecule has 4 heteroatoms. The van der Waals surface area contributed by atoms with Crippen LogP contribution in [-0.4, -0.2) is 17.1 Å². The van der Waals surface area contributed by atoms with Crippen molar-refractivity contribution in [3.05, 3.63) is 29.6 Å². The lowest BCUT2D eigenvalue weighted by molar-refractivity contribution is 0.00803. The van der Waals surface area contributed by atoms with Gasteiger partial charge in [0.05, 0.1) is 11.3 Å². The minimum Gasteiger partial charge on any atom is -0.459 e. The molecule has 1 aromatic rings. The summed E-state index contributed by atoms with van der Waals surface area (Å²) in [5.74, 6) is 0.987. The number of pyridine rings is 1. The maximum absolute atomic E-state index is 12.1. The second-order valence-corrected chi connectivity index (χ2v) is 5.68. The average Bonchev–Trinajstić information content (AvgIpc) is 2.37. The second-order valence-electron chi connectivity index (χ2n) is 5.68. The SMILES string of the molecule is CC1CC(C)CC(OC(=O)c2ccnc(CN)c2)C1. The van der Waals surface area contributed by atoms with Crippen LogP contribution in [0.1, 0.15) is 49.2 Å². The van der Waals surface area contributed by atoms with E-state index in [9.17, 15) is 4.79 Å². The highest BCUT2D eigenvalue weighted by molar-refractivity contribution is 5.89. The van der Waals surface area contributed by atoms with Gasteiger partial charge in [0.2, 0.25) is 0 Å². The van der Waals surface area contributed by atoms with Crippen LogP contribution in [0, 0.1) is 11.8 Å². The smallest absolute Gasteiger partial charge is 0.338 e. The van der Waals surface area contributed by atoms with E-state index in [1.54, 1.807) is 18.3 Å². The van der Waals surface area contributed by atoms with Crippen molar-refractivity contribution in [2.45, 2.75) is 45.8 Å². The number of hydrogen-bond donors (Lipinski definition) is 1. The number of aromatic nitrogens is 1. The van der Waals surface area contributed by atoms with Crippen molar-refractivity contribution in [2.24, 2.45) is 17.6 Å². The van der Waals surface area contributed by atoms with Crippen LogP contribution < -0.4 is 5.73 Å². The Morgan fingerprint density at radius 3 is 2.68 bits per heavy atom. The van der Waals surface area contributed by atoms with Crippen LogP contribution in [0.15, 0.2) is 18.3 Å². The third kappa shape index (κ3) is 3.77. The summed E-state index contributed by atoms with van der Waals surface area (Å²) in [6, 6.07) is 3.38. The second kappa shape index (κ2) is 6.15. The van der Waals surface area contributed by atoms with E-state index >= 15 is 0 Å². The number of carbonyl (C=O) groups excluding carboxylic acids is 1. The van der Waals surface area contributed by atoms with E-state index in [0.29, 0.717) is 29.6 Å². The molecule has 0 bridgehead atoms. The third-order valence-corrected chi connectivity index (χ3v) is 3.67. The Labute approximate surface area is 114 Å². The van der Waals surface area contributed by atoms with Crippen LogP contribution in [0.3, 0.4) is 0 Å². The van der Waals surface area contributed by atoms with Gasteiger partial charge in [0, 0.05) is 12.7 Å². The molecule has 0 aromatic carbocycles. The van der Waals surface area contributed by atoms with E-state index < -0.39 is 0 Å². The van der Waals surface area contributed by atoms with Gasteiger partial charge in [0.15, 0.2) is 0 Å². The Balaban J connectivity index is 2.00. The monoisotopic (exact) mass is 262 g/mol. The molecule has 2 unspecified atom stereocenters. The van der Waals surface area contributed by atoms with Crippen LogP contribution in [0.4, 0.5) is 0 Å². The summed E-state index contributed by atoms with van der Waals surface area (Å²) in [4.78, 5) is 16.2. The van der Waals surface area contributed by atoms with Gasteiger partial charge in [-0.15, -0.1) is 0 Å². The van der Waals surface area contributed by atoms with Gasteiger partial charge in [-0.25, -0.2) is 4.79 Å². The summed E-state index contributed by atoms with van der Waals surface area (Å²) < 4.78 is 5.61. The van der Waals surface area contributed by atoms with E-state index in [1.165, 1.54) is 6.42 Å². The van der Waals surface area contributed by atoms with E-state index in [4.69, 9.17) is 10.5 Å². The molecule has 2 N–H and O–H groups in total. The number of hydrogen-bond acceptors (Lipinski definition) is 4. The van der Waals surface area contributed by atoms with Crippen LogP contribution in [0.25, 0.3) is 0 Å². The Morgan fingerprint density at radius 2 is 2.05 bits per heavy atom.